The highest BCUT2D eigenvalue weighted by molar-refractivity contribution is 6.33. The number of hydrogen-bond donors (Lipinski definition) is 0. The van der Waals surface area contributed by atoms with E-state index in [4.69, 9.17) is 25.3 Å². The molecular weight excluding hydrogens is 394 g/mol. The van der Waals surface area contributed by atoms with E-state index in [1.165, 1.54) is 0 Å². The fraction of sp³-hybridized carbons (Fsp3) is 0.143. The van der Waals surface area contributed by atoms with Crippen LogP contribution >= 0.6 is 11.6 Å². The van der Waals surface area contributed by atoms with Crippen molar-refractivity contribution in [3.8, 4) is 22.7 Å². The van der Waals surface area contributed by atoms with Gasteiger partial charge in [0.25, 0.3) is 5.89 Å². The van der Waals surface area contributed by atoms with Gasteiger partial charge in [-0.05, 0) is 32.0 Å². The maximum absolute atomic E-state index is 12.7. The fourth-order valence-corrected chi connectivity index (χ4v) is 3.08. The summed E-state index contributed by atoms with van der Waals surface area (Å²) >= 11 is 6.22. The maximum Gasteiger partial charge on any atom is 0.344 e. The van der Waals surface area contributed by atoms with E-state index in [1.807, 2.05) is 31.2 Å². The minimum Gasteiger partial charge on any atom is -0.452 e. The van der Waals surface area contributed by atoms with Crippen LogP contribution in [0.4, 0.5) is 0 Å². The van der Waals surface area contributed by atoms with E-state index in [2.05, 4.69) is 15.4 Å². The lowest BCUT2D eigenvalue weighted by Crippen LogP contribution is -2.07. The van der Waals surface area contributed by atoms with Crippen molar-refractivity contribution >= 4 is 17.6 Å². The molecule has 8 heteroatoms. The van der Waals surface area contributed by atoms with Crippen LogP contribution in [0.5, 0.6) is 0 Å². The number of carbonyl (C=O) groups is 1. The summed E-state index contributed by atoms with van der Waals surface area (Å²) in [5.74, 6) is 0.255. The fourth-order valence-electron chi connectivity index (χ4n) is 2.86. The van der Waals surface area contributed by atoms with Crippen LogP contribution in [-0.4, -0.2) is 21.3 Å². The van der Waals surface area contributed by atoms with Gasteiger partial charge in [-0.2, -0.15) is 0 Å². The van der Waals surface area contributed by atoms with Crippen molar-refractivity contribution in [2.75, 3.05) is 0 Å². The molecular formula is C21H16ClN3O4. The van der Waals surface area contributed by atoms with Gasteiger partial charge >= 0.3 is 5.97 Å². The molecule has 7 nitrogen and oxygen atoms in total. The zero-order chi connectivity index (χ0) is 20.4. The Labute approximate surface area is 171 Å². The molecule has 0 saturated carbocycles. The average Bonchev–Trinajstić information content (AvgIpc) is 3.33. The van der Waals surface area contributed by atoms with E-state index in [0.29, 0.717) is 27.9 Å². The highest BCUT2D eigenvalue weighted by Crippen LogP contribution is 2.31. The summed E-state index contributed by atoms with van der Waals surface area (Å²) < 4.78 is 16.1. The Morgan fingerprint density at radius 3 is 2.72 bits per heavy atom. The van der Waals surface area contributed by atoms with Gasteiger partial charge in [0, 0.05) is 11.1 Å². The molecule has 0 amide bonds. The number of esters is 1. The first-order valence-corrected chi connectivity index (χ1v) is 9.18. The number of carbonyl (C=O) groups excluding carboxylic acids is 1. The van der Waals surface area contributed by atoms with E-state index in [9.17, 15) is 4.79 Å². The van der Waals surface area contributed by atoms with Gasteiger partial charge < -0.3 is 13.7 Å². The predicted molar refractivity (Wildman–Crippen MR) is 105 cm³/mol. The molecule has 0 spiro atoms. The number of ether oxygens (including phenoxy) is 1. The van der Waals surface area contributed by atoms with Crippen molar-refractivity contribution in [1.29, 1.82) is 0 Å². The first kappa shape index (κ1) is 18.9. The van der Waals surface area contributed by atoms with Crippen molar-refractivity contribution in [3.63, 3.8) is 0 Å². The normalized spacial score (nSPS) is 10.9. The lowest BCUT2D eigenvalue weighted by Gasteiger charge is -2.04. The lowest BCUT2D eigenvalue weighted by molar-refractivity contribution is 0.0437. The summed E-state index contributed by atoms with van der Waals surface area (Å²) in [5, 5.41) is 12.4. The molecule has 0 aliphatic carbocycles. The number of aryl methyl sites for hydroxylation is 2. The smallest absolute Gasteiger partial charge is 0.344 e. The van der Waals surface area contributed by atoms with Gasteiger partial charge in [0.15, 0.2) is 6.61 Å². The number of nitrogens with zero attached hydrogens (tertiary/aromatic N) is 3. The number of benzene rings is 2. The summed E-state index contributed by atoms with van der Waals surface area (Å²) in [7, 11) is 0. The van der Waals surface area contributed by atoms with Crippen molar-refractivity contribution < 1.29 is 18.5 Å². The molecule has 29 heavy (non-hydrogen) atoms. The summed E-state index contributed by atoms with van der Waals surface area (Å²) in [6, 6.07) is 14.7. The number of rotatable bonds is 5. The standard InChI is InChI=1S/C21H16ClN3O4/c1-12-6-5-7-14(10-12)20-24-23-17(28-20)11-27-21(26)18-13(2)29-25-19(18)15-8-3-4-9-16(15)22/h3-10H,11H2,1-2H3. The quantitative estimate of drug-likeness (QED) is 0.427. The van der Waals surface area contributed by atoms with Crippen LogP contribution in [0.25, 0.3) is 22.7 Å². The average molecular weight is 410 g/mol. The molecule has 2 heterocycles. The molecule has 0 aliphatic rings. The molecule has 0 fully saturated rings. The highest BCUT2D eigenvalue weighted by Gasteiger charge is 2.25. The molecule has 2 aromatic heterocycles. The zero-order valence-electron chi connectivity index (χ0n) is 15.7. The molecule has 0 N–H and O–H groups in total. The Kier molecular flexibility index (Phi) is 5.14. The van der Waals surface area contributed by atoms with E-state index in [-0.39, 0.29) is 18.1 Å². The Morgan fingerprint density at radius 2 is 1.93 bits per heavy atom. The van der Waals surface area contributed by atoms with Gasteiger partial charge in [-0.25, -0.2) is 4.79 Å². The molecule has 2 aromatic carbocycles. The molecule has 0 unspecified atom stereocenters. The molecule has 0 radical (unpaired) electrons. The van der Waals surface area contributed by atoms with E-state index < -0.39 is 5.97 Å². The molecule has 4 aromatic rings. The van der Waals surface area contributed by atoms with Gasteiger partial charge in [-0.3, -0.25) is 0 Å². The van der Waals surface area contributed by atoms with Gasteiger partial charge in [0.1, 0.15) is 17.0 Å². The van der Waals surface area contributed by atoms with Crippen LogP contribution in [0, 0.1) is 13.8 Å². The van der Waals surface area contributed by atoms with Crippen LogP contribution in [0.1, 0.15) is 27.6 Å². The third-order valence-corrected chi connectivity index (χ3v) is 4.58. The van der Waals surface area contributed by atoms with Crippen molar-refractivity contribution in [1.82, 2.24) is 15.4 Å². The van der Waals surface area contributed by atoms with Gasteiger partial charge in [0.2, 0.25) is 5.89 Å². The second-order valence-electron chi connectivity index (χ2n) is 6.39. The number of aromatic nitrogens is 3. The summed E-state index contributed by atoms with van der Waals surface area (Å²) in [4.78, 5) is 12.7. The first-order valence-electron chi connectivity index (χ1n) is 8.80. The first-order chi connectivity index (χ1) is 14.0. The van der Waals surface area contributed by atoms with Gasteiger partial charge in [0.05, 0.1) is 5.02 Å². The minimum absolute atomic E-state index is 0.176. The number of halogens is 1. The Bertz CT molecular complexity index is 1180. The van der Waals surface area contributed by atoms with Crippen molar-refractivity contribution in [3.05, 3.63) is 76.3 Å². The SMILES string of the molecule is Cc1cccc(-c2nnc(COC(=O)c3c(-c4ccccc4Cl)noc3C)o2)c1. The van der Waals surface area contributed by atoms with Crippen LogP contribution < -0.4 is 0 Å². The number of hydrogen-bond acceptors (Lipinski definition) is 7. The minimum atomic E-state index is -0.617. The third kappa shape index (κ3) is 3.90. The molecule has 0 bridgehead atoms. The molecule has 0 aliphatic heterocycles. The molecule has 4 rings (SSSR count). The lowest BCUT2D eigenvalue weighted by atomic mass is 10.1. The van der Waals surface area contributed by atoms with Crippen molar-refractivity contribution in [2.45, 2.75) is 20.5 Å². The monoisotopic (exact) mass is 409 g/mol. The molecule has 0 atom stereocenters. The van der Waals surface area contributed by atoms with Gasteiger partial charge in [-0.15, -0.1) is 10.2 Å². The Balaban J connectivity index is 1.52. The largest absolute Gasteiger partial charge is 0.452 e. The van der Waals surface area contributed by atoms with Crippen molar-refractivity contribution in [2.24, 2.45) is 0 Å². The van der Waals surface area contributed by atoms with E-state index in [1.54, 1.807) is 31.2 Å². The second kappa shape index (κ2) is 7.89. The van der Waals surface area contributed by atoms with E-state index in [0.717, 1.165) is 11.1 Å². The van der Waals surface area contributed by atoms with Crippen LogP contribution in [0.15, 0.2) is 57.5 Å². The van der Waals surface area contributed by atoms with Crippen LogP contribution in [-0.2, 0) is 11.3 Å². The van der Waals surface area contributed by atoms with E-state index >= 15 is 0 Å². The summed E-state index contributed by atoms with van der Waals surface area (Å²) in [6.45, 7) is 3.43. The Morgan fingerprint density at radius 1 is 1.10 bits per heavy atom. The zero-order valence-corrected chi connectivity index (χ0v) is 16.4. The van der Waals surface area contributed by atoms with Gasteiger partial charge in [-0.1, -0.05) is 52.7 Å². The topological polar surface area (TPSA) is 91.2 Å². The van der Waals surface area contributed by atoms with Crippen LogP contribution in [0.3, 0.4) is 0 Å². The molecule has 146 valence electrons. The Hall–Kier alpha value is -3.45. The second-order valence-corrected chi connectivity index (χ2v) is 6.80. The van der Waals surface area contributed by atoms with Crippen LogP contribution in [0.2, 0.25) is 5.02 Å². The predicted octanol–water partition coefficient (Wildman–Crippen LogP) is 5.02. The highest BCUT2D eigenvalue weighted by atomic mass is 35.5. The summed E-state index contributed by atoms with van der Waals surface area (Å²) in [6.07, 6.45) is 0. The summed E-state index contributed by atoms with van der Waals surface area (Å²) in [5.41, 5.74) is 2.98. The maximum atomic E-state index is 12.7. The molecule has 0 saturated heterocycles. The third-order valence-electron chi connectivity index (χ3n) is 4.25.